The maximum Gasteiger partial charge on any atom is 0.323 e. The number of methoxy groups -OCH3 is 1. The highest BCUT2D eigenvalue weighted by Gasteiger charge is 2.29. The molecule has 0 spiro atoms. The normalized spacial score (nSPS) is 15.8. The second kappa shape index (κ2) is 10.3. The van der Waals surface area contributed by atoms with Gasteiger partial charge in [0.2, 0.25) is 0 Å². The van der Waals surface area contributed by atoms with Crippen LogP contribution in [0.4, 0.5) is 16.2 Å². The summed E-state index contributed by atoms with van der Waals surface area (Å²) in [6.45, 7) is 3.51. The number of amides is 3. The number of benzene rings is 2. The van der Waals surface area contributed by atoms with E-state index >= 15 is 0 Å². The van der Waals surface area contributed by atoms with Gasteiger partial charge in [0.25, 0.3) is 5.91 Å². The predicted octanol–water partition coefficient (Wildman–Crippen LogP) is 4.52. The number of carbonyl (C=O) groups is 2. The first-order valence-corrected chi connectivity index (χ1v) is 10.3. The first-order valence-electron chi connectivity index (χ1n) is 9.91. The molecule has 8 heteroatoms. The number of urea groups is 1. The summed E-state index contributed by atoms with van der Waals surface area (Å²) in [6, 6.07) is 11.9. The lowest BCUT2D eigenvalue weighted by molar-refractivity contribution is -0.138. The van der Waals surface area contributed by atoms with Crippen molar-refractivity contribution in [2.45, 2.75) is 32.4 Å². The van der Waals surface area contributed by atoms with Gasteiger partial charge in [0, 0.05) is 48.8 Å². The Morgan fingerprint density at radius 1 is 1.23 bits per heavy atom. The molecule has 0 bridgehead atoms. The van der Waals surface area contributed by atoms with Crippen LogP contribution in [0.25, 0.3) is 0 Å². The molecule has 2 N–H and O–H groups in total. The van der Waals surface area contributed by atoms with Crippen molar-refractivity contribution in [2.75, 3.05) is 30.9 Å². The number of anilines is 2. The number of ether oxygens (including phenoxy) is 2. The lowest BCUT2D eigenvalue weighted by Crippen LogP contribution is -2.40. The molecule has 1 unspecified atom stereocenters. The summed E-state index contributed by atoms with van der Waals surface area (Å²) in [7, 11) is 1.64. The van der Waals surface area contributed by atoms with Gasteiger partial charge in [-0.25, -0.2) is 4.79 Å². The molecule has 0 saturated carbocycles. The number of fused-ring (bicyclic) bond motifs is 1. The van der Waals surface area contributed by atoms with Gasteiger partial charge in [0.1, 0.15) is 5.75 Å². The summed E-state index contributed by atoms with van der Waals surface area (Å²) in [6.07, 6.45) is 0.813. The standard InChI is InChI=1S/C22H26ClN3O4/c1-3-19-21(27)26(10-5-11-29-2)14-15-12-18(8-9-20(15)30-19)25-22(28)24-17-7-4-6-16(23)13-17/h4,6-9,12-13,19H,3,5,10-11,14H2,1-2H3,(H2,24,25,28). The molecule has 2 aromatic carbocycles. The van der Waals surface area contributed by atoms with Gasteiger partial charge in [-0.3, -0.25) is 4.79 Å². The van der Waals surface area contributed by atoms with Crippen molar-refractivity contribution in [1.29, 1.82) is 0 Å². The number of nitrogens with zero attached hydrogens (tertiary/aromatic N) is 1. The third-order valence-electron chi connectivity index (χ3n) is 4.77. The Morgan fingerprint density at radius 2 is 2.00 bits per heavy atom. The summed E-state index contributed by atoms with van der Waals surface area (Å²) < 4.78 is 11.1. The van der Waals surface area contributed by atoms with Crippen LogP contribution < -0.4 is 15.4 Å². The molecule has 0 aliphatic carbocycles. The molecule has 0 fully saturated rings. The number of hydrogen-bond donors (Lipinski definition) is 2. The topological polar surface area (TPSA) is 79.9 Å². The van der Waals surface area contributed by atoms with Crippen molar-refractivity contribution in [1.82, 2.24) is 4.90 Å². The highest BCUT2D eigenvalue weighted by Crippen LogP contribution is 2.29. The maximum absolute atomic E-state index is 12.8. The van der Waals surface area contributed by atoms with Crippen LogP contribution in [0.5, 0.6) is 5.75 Å². The molecule has 1 heterocycles. The van der Waals surface area contributed by atoms with Crippen LogP contribution in [0, 0.1) is 0 Å². The lowest BCUT2D eigenvalue weighted by atomic mass is 10.1. The van der Waals surface area contributed by atoms with E-state index in [1.165, 1.54) is 0 Å². The molecule has 30 heavy (non-hydrogen) atoms. The van der Waals surface area contributed by atoms with Gasteiger partial charge < -0.3 is 25.0 Å². The van der Waals surface area contributed by atoms with E-state index in [0.29, 0.717) is 48.3 Å². The molecule has 1 aliphatic rings. The average Bonchev–Trinajstić information content (AvgIpc) is 2.84. The third-order valence-corrected chi connectivity index (χ3v) is 5.00. The SMILES string of the molecule is CCC1Oc2ccc(NC(=O)Nc3cccc(Cl)c3)cc2CN(CCCOC)C1=O. The van der Waals surface area contributed by atoms with E-state index in [4.69, 9.17) is 21.1 Å². The number of carbonyl (C=O) groups excluding carboxylic acids is 2. The molecular formula is C22H26ClN3O4. The van der Waals surface area contributed by atoms with Crippen molar-refractivity contribution in [3.05, 3.63) is 53.1 Å². The molecule has 3 amide bonds. The molecule has 3 rings (SSSR count). The smallest absolute Gasteiger partial charge is 0.323 e. The fourth-order valence-electron chi connectivity index (χ4n) is 3.29. The first kappa shape index (κ1) is 21.9. The quantitative estimate of drug-likeness (QED) is 0.631. The second-order valence-electron chi connectivity index (χ2n) is 7.03. The van der Waals surface area contributed by atoms with Crippen molar-refractivity contribution in [2.24, 2.45) is 0 Å². The number of halogens is 1. The summed E-state index contributed by atoms with van der Waals surface area (Å²) in [4.78, 5) is 26.9. The lowest BCUT2D eigenvalue weighted by Gasteiger charge is -2.23. The Morgan fingerprint density at radius 3 is 2.70 bits per heavy atom. The number of hydrogen-bond acceptors (Lipinski definition) is 4. The Balaban J connectivity index is 1.73. The predicted molar refractivity (Wildman–Crippen MR) is 117 cm³/mol. The van der Waals surface area contributed by atoms with Crippen LogP contribution in [0.15, 0.2) is 42.5 Å². The van der Waals surface area contributed by atoms with Crippen molar-refractivity contribution >= 4 is 34.9 Å². The molecule has 0 aromatic heterocycles. The van der Waals surface area contributed by atoms with Gasteiger partial charge in [-0.05, 0) is 49.2 Å². The minimum Gasteiger partial charge on any atom is -0.480 e. The molecule has 7 nitrogen and oxygen atoms in total. The molecule has 1 aliphatic heterocycles. The third kappa shape index (κ3) is 5.64. The Kier molecular flexibility index (Phi) is 7.54. The van der Waals surface area contributed by atoms with Crippen molar-refractivity contribution in [3.63, 3.8) is 0 Å². The molecule has 0 radical (unpaired) electrons. The van der Waals surface area contributed by atoms with Gasteiger partial charge in [-0.1, -0.05) is 24.6 Å². The van der Waals surface area contributed by atoms with Crippen LogP contribution in [0.1, 0.15) is 25.3 Å². The minimum absolute atomic E-state index is 0.0296. The fourth-order valence-corrected chi connectivity index (χ4v) is 3.48. The number of rotatable bonds is 7. The van der Waals surface area contributed by atoms with Gasteiger partial charge in [0.15, 0.2) is 6.10 Å². The summed E-state index contributed by atoms with van der Waals surface area (Å²) in [5, 5.41) is 6.10. The van der Waals surface area contributed by atoms with Gasteiger partial charge in [-0.15, -0.1) is 0 Å². The minimum atomic E-state index is -0.515. The van der Waals surface area contributed by atoms with Crippen LogP contribution in [-0.4, -0.2) is 43.2 Å². The van der Waals surface area contributed by atoms with E-state index in [1.807, 2.05) is 13.0 Å². The summed E-state index contributed by atoms with van der Waals surface area (Å²) in [5.74, 6) is 0.628. The fraction of sp³-hybridized carbons (Fsp3) is 0.364. The zero-order valence-corrected chi connectivity index (χ0v) is 17.9. The van der Waals surface area contributed by atoms with E-state index < -0.39 is 6.10 Å². The van der Waals surface area contributed by atoms with Crippen molar-refractivity contribution in [3.8, 4) is 5.75 Å². The molecule has 160 valence electrons. The Labute approximate surface area is 181 Å². The van der Waals surface area contributed by atoms with Gasteiger partial charge >= 0.3 is 6.03 Å². The monoisotopic (exact) mass is 431 g/mol. The van der Waals surface area contributed by atoms with Crippen LogP contribution in [0.3, 0.4) is 0 Å². The van der Waals surface area contributed by atoms with Gasteiger partial charge in [-0.2, -0.15) is 0 Å². The van der Waals surface area contributed by atoms with Crippen LogP contribution in [-0.2, 0) is 16.1 Å². The molecular weight excluding hydrogens is 406 g/mol. The average molecular weight is 432 g/mol. The van der Waals surface area contributed by atoms with E-state index in [1.54, 1.807) is 48.4 Å². The summed E-state index contributed by atoms with van der Waals surface area (Å²) in [5.41, 5.74) is 2.05. The largest absolute Gasteiger partial charge is 0.480 e. The van der Waals surface area contributed by atoms with Crippen LogP contribution >= 0.6 is 11.6 Å². The van der Waals surface area contributed by atoms with Crippen molar-refractivity contribution < 1.29 is 19.1 Å². The van der Waals surface area contributed by atoms with E-state index in [2.05, 4.69) is 10.6 Å². The zero-order chi connectivity index (χ0) is 21.5. The Hall–Kier alpha value is -2.77. The number of nitrogens with one attached hydrogen (secondary N) is 2. The summed E-state index contributed by atoms with van der Waals surface area (Å²) >= 11 is 5.95. The Bertz CT molecular complexity index is 906. The molecule has 1 atom stereocenters. The first-order chi connectivity index (χ1) is 14.5. The van der Waals surface area contributed by atoms with E-state index in [-0.39, 0.29) is 11.9 Å². The maximum atomic E-state index is 12.8. The highest BCUT2D eigenvalue weighted by atomic mass is 35.5. The molecule has 2 aromatic rings. The van der Waals surface area contributed by atoms with E-state index in [9.17, 15) is 9.59 Å². The highest BCUT2D eigenvalue weighted by molar-refractivity contribution is 6.30. The zero-order valence-electron chi connectivity index (χ0n) is 17.1. The van der Waals surface area contributed by atoms with Crippen LogP contribution in [0.2, 0.25) is 5.02 Å². The second-order valence-corrected chi connectivity index (χ2v) is 7.47. The van der Waals surface area contributed by atoms with Gasteiger partial charge in [0.05, 0.1) is 0 Å². The van der Waals surface area contributed by atoms with E-state index in [0.717, 1.165) is 12.0 Å². The molecule has 0 saturated heterocycles.